The average molecular weight is 474 g/mol. The van der Waals surface area contributed by atoms with Crippen LogP contribution in [0.25, 0.3) is 11.1 Å². The van der Waals surface area contributed by atoms with Crippen LogP contribution in [0.15, 0.2) is 141 Å². The van der Waals surface area contributed by atoms with Crippen molar-refractivity contribution in [2.45, 2.75) is 26.5 Å². The molecule has 0 aliphatic carbocycles. The summed E-state index contributed by atoms with van der Waals surface area (Å²) in [5.74, 6) is 0. The zero-order chi connectivity index (χ0) is 22.9. The van der Waals surface area contributed by atoms with E-state index in [1.165, 1.54) is 36.3 Å². The second-order valence-corrected chi connectivity index (χ2v) is 10.5. The summed E-state index contributed by atoms with van der Waals surface area (Å²) in [6, 6.07) is 43.6. The minimum absolute atomic E-state index is 1.15. The summed E-state index contributed by atoms with van der Waals surface area (Å²) >= 11 is 3.74. The highest BCUT2D eigenvalue weighted by atomic mass is 32.2. The third-order valence-electron chi connectivity index (χ3n) is 6.00. The molecule has 0 atom stereocenters. The fraction of sp³-hybridized carbons (Fsp3) is 0.0323. The van der Waals surface area contributed by atoms with E-state index in [1.807, 2.05) is 23.5 Å². The van der Waals surface area contributed by atoms with E-state index < -0.39 is 0 Å². The van der Waals surface area contributed by atoms with Crippen LogP contribution < -0.4 is 4.90 Å². The Morgan fingerprint density at radius 2 is 1.03 bits per heavy atom. The van der Waals surface area contributed by atoms with E-state index in [4.69, 9.17) is 0 Å². The molecule has 1 aliphatic heterocycles. The summed E-state index contributed by atoms with van der Waals surface area (Å²) in [6.07, 6.45) is 0. The molecule has 0 saturated carbocycles. The molecule has 1 nitrogen and oxygen atoms in total. The molecule has 0 aromatic heterocycles. The zero-order valence-electron chi connectivity index (χ0n) is 18.8. The van der Waals surface area contributed by atoms with Crippen LogP contribution in [0.2, 0.25) is 0 Å². The van der Waals surface area contributed by atoms with Crippen LogP contribution in [0.5, 0.6) is 0 Å². The molecule has 0 bridgehead atoms. The molecule has 0 unspecified atom stereocenters. The molecule has 0 saturated heterocycles. The van der Waals surface area contributed by atoms with Crippen molar-refractivity contribution >= 4 is 40.6 Å². The molecule has 0 fully saturated rings. The number of hydrogen-bond donors (Lipinski definition) is 0. The van der Waals surface area contributed by atoms with Gasteiger partial charge >= 0.3 is 0 Å². The Kier molecular flexibility index (Phi) is 5.66. The van der Waals surface area contributed by atoms with Gasteiger partial charge in [0.25, 0.3) is 0 Å². The highest BCUT2D eigenvalue weighted by Crippen LogP contribution is 2.51. The largest absolute Gasteiger partial charge is 0.311 e. The number of para-hydroxylation sites is 1. The normalized spacial score (nSPS) is 12.0. The van der Waals surface area contributed by atoms with Crippen molar-refractivity contribution in [2.75, 3.05) is 4.90 Å². The SMILES string of the molecule is Cc1ccc(N(c2ccccc2)c2ccc(-c3cccc4c3Sc3ccccc3S4)cc2)cc1. The fourth-order valence-corrected chi connectivity index (χ4v) is 6.69. The molecule has 0 N–H and O–H groups in total. The van der Waals surface area contributed by atoms with Crippen molar-refractivity contribution in [3.63, 3.8) is 0 Å². The van der Waals surface area contributed by atoms with Crippen LogP contribution in [-0.4, -0.2) is 0 Å². The van der Waals surface area contributed by atoms with E-state index in [0.29, 0.717) is 0 Å². The molecule has 34 heavy (non-hydrogen) atoms. The quantitative estimate of drug-likeness (QED) is 0.251. The smallest absolute Gasteiger partial charge is 0.0462 e. The van der Waals surface area contributed by atoms with E-state index in [-0.39, 0.29) is 0 Å². The van der Waals surface area contributed by atoms with Gasteiger partial charge in [0.05, 0.1) is 0 Å². The molecule has 1 aliphatic rings. The molecule has 5 aromatic carbocycles. The molecule has 0 spiro atoms. The summed E-state index contributed by atoms with van der Waals surface area (Å²) in [5, 5.41) is 0. The molecular weight excluding hydrogens is 450 g/mol. The first kappa shape index (κ1) is 21.2. The predicted molar refractivity (Wildman–Crippen MR) is 146 cm³/mol. The number of aryl methyl sites for hydroxylation is 1. The van der Waals surface area contributed by atoms with Crippen LogP contribution in [-0.2, 0) is 0 Å². The van der Waals surface area contributed by atoms with Gasteiger partial charge in [-0.3, -0.25) is 0 Å². The zero-order valence-corrected chi connectivity index (χ0v) is 20.4. The topological polar surface area (TPSA) is 3.24 Å². The Hall–Kier alpha value is -3.40. The Morgan fingerprint density at radius 1 is 0.471 bits per heavy atom. The monoisotopic (exact) mass is 473 g/mol. The summed E-state index contributed by atoms with van der Waals surface area (Å²) in [7, 11) is 0. The predicted octanol–water partition coefficient (Wildman–Crippen LogP) is 9.75. The van der Waals surface area contributed by atoms with Gasteiger partial charge in [0.1, 0.15) is 0 Å². The van der Waals surface area contributed by atoms with Crippen molar-refractivity contribution < 1.29 is 0 Å². The van der Waals surface area contributed by atoms with Gasteiger partial charge in [0.15, 0.2) is 0 Å². The molecule has 0 amide bonds. The van der Waals surface area contributed by atoms with Gasteiger partial charge in [-0.2, -0.15) is 0 Å². The van der Waals surface area contributed by atoms with Crippen molar-refractivity contribution in [1.29, 1.82) is 0 Å². The minimum Gasteiger partial charge on any atom is -0.311 e. The number of anilines is 3. The average Bonchev–Trinajstić information content (AvgIpc) is 2.89. The van der Waals surface area contributed by atoms with Gasteiger partial charge in [-0.25, -0.2) is 0 Å². The Labute approximate surface area is 209 Å². The van der Waals surface area contributed by atoms with Crippen LogP contribution in [0.3, 0.4) is 0 Å². The Balaban J connectivity index is 1.39. The van der Waals surface area contributed by atoms with Crippen molar-refractivity contribution in [3.05, 3.63) is 127 Å². The minimum atomic E-state index is 1.15. The van der Waals surface area contributed by atoms with Gasteiger partial charge in [-0.05, 0) is 72.6 Å². The van der Waals surface area contributed by atoms with E-state index in [0.717, 1.165) is 17.1 Å². The fourth-order valence-electron chi connectivity index (χ4n) is 4.28. The summed E-state index contributed by atoms with van der Waals surface area (Å²) < 4.78 is 0. The molecule has 3 heteroatoms. The molecule has 0 radical (unpaired) electrons. The number of fused-ring (bicyclic) bond motifs is 2. The van der Waals surface area contributed by atoms with Crippen LogP contribution in [0, 0.1) is 6.92 Å². The van der Waals surface area contributed by atoms with Crippen LogP contribution in [0.4, 0.5) is 17.1 Å². The lowest BCUT2D eigenvalue weighted by Gasteiger charge is -2.26. The number of benzene rings is 5. The lowest BCUT2D eigenvalue weighted by atomic mass is 10.0. The van der Waals surface area contributed by atoms with Gasteiger partial charge in [-0.15, -0.1) is 0 Å². The maximum absolute atomic E-state index is 2.31. The van der Waals surface area contributed by atoms with Crippen LogP contribution in [0.1, 0.15) is 5.56 Å². The van der Waals surface area contributed by atoms with Gasteiger partial charge in [0.2, 0.25) is 0 Å². The van der Waals surface area contributed by atoms with Crippen molar-refractivity contribution in [2.24, 2.45) is 0 Å². The second-order valence-electron chi connectivity index (χ2n) is 8.34. The first-order chi connectivity index (χ1) is 16.8. The lowest BCUT2D eigenvalue weighted by Crippen LogP contribution is -2.09. The molecular formula is C31H23NS2. The third kappa shape index (κ3) is 4.02. The Morgan fingerprint density at radius 3 is 1.74 bits per heavy atom. The first-order valence-corrected chi connectivity index (χ1v) is 13.0. The molecule has 6 rings (SSSR count). The van der Waals surface area contributed by atoms with Gasteiger partial charge in [0, 0.05) is 36.6 Å². The third-order valence-corrected chi connectivity index (χ3v) is 8.62. The van der Waals surface area contributed by atoms with Crippen LogP contribution >= 0.6 is 23.5 Å². The Bertz CT molecular complexity index is 1440. The van der Waals surface area contributed by atoms with Crippen molar-refractivity contribution in [3.8, 4) is 11.1 Å². The maximum Gasteiger partial charge on any atom is 0.0462 e. The van der Waals surface area contributed by atoms with Gasteiger partial charge in [-0.1, -0.05) is 95.8 Å². The van der Waals surface area contributed by atoms with E-state index in [9.17, 15) is 0 Å². The van der Waals surface area contributed by atoms with E-state index >= 15 is 0 Å². The number of nitrogens with zero attached hydrogens (tertiary/aromatic N) is 1. The van der Waals surface area contributed by atoms with E-state index in [2.05, 4.69) is 133 Å². The summed E-state index contributed by atoms with van der Waals surface area (Å²) in [4.78, 5) is 7.65. The lowest BCUT2D eigenvalue weighted by molar-refractivity contribution is 1.16. The highest BCUT2D eigenvalue weighted by Gasteiger charge is 2.20. The standard InChI is InChI=1S/C31H23NS2/c1-22-14-18-25(19-15-22)32(24-8-3-2-4-9-24)26-20-16-23(17-21-26)27-10-7-13-30-31(27)34-29-12-6-5-11-28(29)33-30/h2-21H,1H3. The number of hydrogen-bond acceptors (Lipinski definition) is 3. The molecule has 164 valence electrons. The van der Waals surface area contributed by atoms with Gasteiger partial charge < -0.3 is 4.90 Å². The number of rotatable bonds is 4. The van der Waals surface area contributed by atoms with E-state index in [1.54, 1.807) is 0 Å². The summed E-state index contributed by atoms with van der Waals surface area (Å²) in [5.41, 5.74) is 7.25. The molecule has 1 heterocycles. The second kappa shape index (κ2) is 9.09. The summed E-state index contributed by atoms with van der Waals surface area (Å²) in [6.45, 7) is 2.13. The molecule has 5 aromatic rings. The highest BCUT2D eigenvalue weighted by molar-refractivity contribution is 8.05. The first-order valence-electron chi connectivity index (χ1n) is 11.4. The van der Waals surface area contributed by atoms with Crippen molar-refractivity contribution in [1.82, 2.24) is 0 Å². The maximum atomic E-state index is 2.31.